The summed E-state index contributed by atoms with van der Waals surface area (Å²) in [7, 11) is 0. The van der Waals surface area contributed by atoms with Gasteiger partial charge in [-0.3, -0.25) is 0 Å². The van der Waals surface area contributed by atoms with E-state index in [1.165, 1.54) is 22.9 Å². The minimum atomic E-state index is 0.363. The second-order valence-corrected chi connectivity index (χ2v) is 6.39. The molecule has 0 aliphatic carbocycles. The zero-order valence-electron chi connectivity index (χ0n) is 11.2. The third kappa shape index (κ3) is 6.23. The average molecular weight is 298 g/mol. The molecule has 1 nitrogen and oxygen atoms in total. The van der Waals surface area contributed by atoms with Gasteiger partial charge in [-0.15, -0.1) is 0 Å². The van der Waals surface area contributed by atoms with E-state index in [2.05, 4.69) is 66.3 Å². The maximum Gasteiger partial charge on any atom is 0.0177 e. The molecule has 0 heterocycles. The molecule has 0 bridgehead atoms. The van der Waals surface area contributed by atoms with E-state index in [-0.39, 0.29) is 0 Å². The fourth-order valence-corrected chi connectivity index (χ4v) is 2.46. The van der Waals surface area contributed by atoms with Crippen LogP contribution < -0.4 is 5.32 Å². The summed E-state index contributed by atoms with van der Waals surface area (Å²) >= 11 is 3.53. The molecule has 96 valence electrons. The Morgan fingerprint density at radius 1 is 1.24 bits per heavy atom. The second kappa shape index (κ2) is 7.17. The maximum absolute atomic E-state index is 3.53. The molecule has 0 unspecified atom stereocenters. The summed E-state index contributed by atoms with van der Waals surface area (Å²) in [5, 5.41) is 3.48. The van der Waals surface area contributed by atoms with Crippen LogP contribution in [-0.4, -0.2) is 13.1 Å². The molecular formula is C15H24BrN. The Morgan fingerprint density at radius 2 is 2.00 bits per heavy atom. The number of rotatable bonds is 7. The summed E-state index contributed by atoms with van der Waals surface area (Å²) in [6, 6.07) is 8.64. The van der Waals surface area contributed by atoms with Crippen LogP contribution in [0.5, 0.6) is 0 Å². The van der Waals surface area contributed by atoms with Gasteiger partial charge in [0.25, 0.3) is 0 Å². The van der Waals surface area contributed by atoms with Crippen molar-refractivity contribution in [1.29, 1.82) is 0 Å². The average Bonchev–Trinajstić information content (AvgIpc) is 2.24. The molecule has 0 atom stereocenters. The summed E-state index contributed by atoms with van der Waals surface area (Å²) < 4.78 is 1.18. The first-order valence-electron chi connectivity index (χ1n) is 6.49. The fraction of sp³-hybridized carbons (Fsp3) is 0.600. The molecule has 0 aliphatic heterocycles. The van der Waals surface area contributed by atoms with E-state index >= 15 is 0 Å². The number of halogens is 1. The quantitative estimate of drug-likeness (QED) is 0.735. The summed E-state index contributed by atoms with van der Waals surface area (Å²) in [4.78, 5) is 0. The van der Waals surface area contributed by atoms with Gasteiger partial charge in [0.15, 0.2) is 0 Å². The van der Waals surface area contributed by atoms with Gasteiger partial charge in [0.2, 0.25) is 0 Å². The SMILES string of the molecule is CCCNCCC(C)(C)Cc1cccc(Br)c1. The maximum atomic E-state index is 3.53. The topological polar surface area (TPSA) is 12.0 Å². The van der Waals surface area contributed by atoms with E-state index in [9.17, 15) is 0 Å². The molecule has 2 heteroatoms. The predicted octanol–water partition coefficient (Wildman–Crippen LogP) is 4.41. The number of hydrogen-bond acceptors (Lipinski definition) is 1. The Hall–Kier alpha value is -0.340. The van der Waals surface area contributed by atoms with E-state index in [1.807, 2.05) is 0 Å². The summed E-state index contributed by atoms with van der Waals surface area (Å²) in [6.45, 7) is 9.16. The molecule has 0 aliphatic rings. The van der Waals surface area contributed by atoms with E-state index in [1.54, 1.807) is 0 Å². The first-order chi connectivity index (χ1) is 8.03. The van der Waals surface area contributed by atoms with Crippen molar-refractivity contribution in [3.63, 3.8) is 0 Å². The lowest BCUT2D eigenvalue weighted by atomic mass is 9.83. The van der Waals surface area contributed by atoms with Crippen LogP contribution in [0, 0.1) is 5.41 Å². The Kier molecular flexibility index (Phi) is 6.21. The normalized spacial score (nSPS) is 11.8. The monoisotopic (exact) mass is 297 g/mol. The van der Waals surface area contributed by atoms with Gasteiger partial charge in [-0.2, -0.15) is 0 Å². The van der Waals surface area contributed by atoms with Crippen LogP contribution in [0.25, 0.3) is 0 Å². The highest BCUT2D eigenvalue weighted by atomic mass is 79.9. The molecule has 0 spiro atoms. The third-order valence-corrected chi connectivity index (χ3v) is 3.47. The van der Waals surface area contributed by atoms with Gasteiger partial charge in [0.1, 0.15) is 0 Å². The summed E-state index contributed by atoms with van der Waals surface area (Å²) in [6.07, 6.45) is 3.58. The van der Waals surface area contributed by atoms with Gasteiger partial charge >= 0.3 is 0 Å². The highest BCUT2D eigenvalue weighted by Crippen LogP contribution is 2.26. The molecule has 0 radical (unpaired) electrons. The smallest absolute Gasteiger partial charge is 0.0177 e. The number of hydrogen-bond donors (Lipinski definition) is 1. The van der Waals surface area contributed by atoms with Crippen molar-refractivity contribution in [3.8, 4) is 0 Å². The molecule has 1 N–H and O–H groups in total. The van der Waals surface area contributed by atoms with Crippen LogP contribution in [0.2, 0.25) is 0 Å². The third-order valence-electron chi connectivity index (χ3n) is 2.98. The Bertz CT molecular complexity index is 333. The van der Waals surface area contributed by atoms with Gasteiger partial charge in [-0.05, 0) is 55.5 Å². The fourth-order valence-electron chi connectivity index (χ4n) is 2.02. The van der Waals surface area contributed by atoms with Crippen LogP contribution in [-0.2, 0) is 6.42 Å². The Labute approximate surface area is 114 Å². The molecule has 0 saturated heterocycles. The lowest BCUT2D eigenvalue weighted by Crippen LogP contribution is -2.24. The van der Waals surface area contributed by atoms with E-state index in [4.69, 9.17) is 0 Å². The standard InChI is InChI=1S/C15H24BrN/c1-4-9-17-10-8-15(2,3)12-13-6-5-7-14(16)11-13/h5-7,11,17H,4,8-10,12H2,1-3H3. The minimum absolute atomic E-state index is 0.363. The first kappa shape index (κ1) is 14.7. The van der Waals surface area contributed by atoms with Gasteiger partial charge in [-0.1, -0.05) is 48.8 Å². The molecular weight excluding hydrogens is 274 g/mol. The molecule has 0 fully saturated rings. The van der Waals surface area contributed by atoms with Crippen LogP contribution in [0.3, 0.4) is 0 Å². The molecule has 0 aromatic heterocycles. The highest BCUT2D eigenvalue weighted by molar-refractivity contribution is 9.10. The van der Waals surface area contributed by atoms with Crippen LogP contribution in [0.4, 0.5) is 0 Å². The molecule has 0 saturated carbocycles. The van der Waals surface area contributed by atoms with Gasteiger partial charge in [0.05, 0.1) is 0 Å². The Morgan fingerprint density at radius 3 is 2.65 bits per heavy atom. The van der Waals surface area contributed by atoms with Crippen molar-refractivity contribution in [2.24, 2.45) is 5.41 Å². The second-order valence-electron chi connectivity index (χ2n) is 5.47. The lowest BCUT2D eigenvalue weighted by Gasteiger charge is -2.25. The molecule has 0 amide bonds. The van der Waals surface area contributed by atoms with Gasteiger partial charge < -0.3 is 5.32 Å². The number of benzene rings is 1. The van der Waals surface area contributed by atoms with Crippen molar-refractivity contribution in [3.05, 3.63) is 34.3 Å². The van der Waals surface area contributed by atoms with Crippen LogP contribution in [0.1, 0.15) is 39.2 Å². The molecule has 1 aromatic rings. The largest absolute Gasteiger partial charge is 0.317 e. The Balaban J connectivity index is 2.42. The van der Waals surface area contributed by atoms with Crippen molar-refractivity contribution in [2.45, 2.75) is 40.0 Å². The first-order valence-corrected chi connectivity index (χ1v) is 7.28. The lowest BCUT2D eigenvalue weighted by molar-refractivity contribution is 0.325. The van der Waals surface area contributed by atoms with Crippen molar-refractivity contribution >= 4 is 15.9 Å². The van der Waals surface area contributed by atoms with E-state index in [0.29, 0.717) is 5.41 Å². The van der Waals surface area contributed by atoms with Crippen molar-refractivity contribution < 1.29 is 0 Å². The predicted molar refractivity (Wildman–Crippen MR) is 79.4 cm³/mol. The van der Waals surface area contributed by atoms with Crippen molar-refractivity contribution in [2.75, 3.05) is 13.1 Å². The molecule has 1 rings (SSSR count). The number of nitrogens with one attached hydrogen (secondary N) is 1. The van der Waals surface area contributed by atoms with Crippen LogP contribution in [0.15, 0.2) is 28.7 Å². The zero-order valence-corrected chi connectivity index (χ0v) is 12.8. The minimum Gasteiger partial charge on any atom is -0.317 e. The summed E-state index contributed by atoms with van der Waals surface area (Å²) in [5.74, 6) is 0. The van der Waals surface area contributed by atoms with Crippen LogP contribution >= 0.6 is 15.9 Å². The molecule has 17 heavy (non-hydrogen) atoms. The van der Waals surface area contributed by atoms with Gasteiger partial charge in [-0.25, -0.2) is 0 Å². The molecule has 1 aromatic carbocycles. The van der Waals surface area contributed by atoms with Gasteiger partial charge in [0, 0.05) is 4.47 Å². The highest BCUT2D eigenvalue weighted by Gasteiger charge is 2.17. The van der Waals surface area contributed by atoms with Crippen molar-refractivity contribution in [1.82, 2.24) is 5.32 Å². The summed E-state index contributed by atoms with van der Waals surface area (Å²) in [5.41, 5.74) is 1.78. The van der Waals surface area contributed by atoms with E-state index < -0.39 is 0 Å². The zero-order chi connectivity index (χ0) is 12.7. The van der Waals surface area contributed by atoms with E-state index in [0.717, 1.165) is 19.5 Å².